The first-order chi connectivity index (χ1) is 9.97. The number of fused-ring (bicyclic) bond motifs is 1. The lowest BCUT2D eigenvalue weighted by atomic mass is 10.3. The van der Waals surface area contributed by atoms with Crippen molar-refractivity contribution in [1.29, 1.82) is 0 Å². The van der Waals surface area contributed by atoms with Crippen LogP contribution >= 0.6 is 23.6 Å². The molecule has 21 heavy (non-hydrogen) atoms. The first kappa shape index (κ1) is 14.4. The number of benzene rings is 1. The number of hydrogen-bond donors (Lipinski definition) is 1. The Kier molecular flexibility index (Phi) is 3.68. The van der Waals surface area contributed by atoms with Gasteiger partial charge >= 0.3 is 0 Å². The summed E-state index contributed by atoms with van der Waals surface area (Å²) in [4.78, 5) is 7.54. The summed E-state index contributed by atoms with van der Waals surface area (Å²) in [6.45, 7) is 0.662. The number of para-hydroxylation sites is 1. The third-order valence-corrected chi connectivity index (χ3v) is 5.34. The normalized spacial score (nSPS) is 12.0. The number of aromatic nitrogens is 3. The van der Waals surface area contributed by atoms with E-state index in [1.807, 2.05) is 16.0 Å². The Bertz CT molecular complexity index is 937. The Morgan fingerprint density at radius 3 is 2.90 bits per heavy atom. The average molecular weight is 339 g/mol. The van der Waals surface area contributed by atoms with Crippen LogP contribution in [0.5, 0.6) is 0 Å². The van der Waals surface area contributed by atoms with Crippen LogP contribution in [0, 0.1) is 4.77 Å². The molecule has 0 saturated carbocycles. The van der Waals surface area contributed by atoms with E-state index in [4.69, 9.17) is 12.2 Å². The minimum absolute atomic E-state index is 0.276. The van der Waals surface area contributed by atoms with Gasteiger partial charge in [-0.15, -0.1) is 11.3 Å². The highest BCUT2D eigenvalue weighted by atomic mass is 32.2. The van der Waals surface area contributed by atoms with Crippen LogP contribution in [0.3, 0.4) is 0 Å². The molecule has 0 saturated heterocycles. The second kappa shape index (κ2) is 5.36. The maximum absolute atomic E-state index is 11.8. The molecule has 1 aromatic carbocycles. The summed E-state index contributed by atoms with van der Waals surface area (Å²) in [5.41, 5.74) is 4.18. The highest BCUT2D eigenvalue weighted by molar-refractivity contribution is 7.91. The van der Waals surface area contributed by atoms with Crippen molar-refractivity contribution in [2.24, 2.45) is 0 Å². The van der Waals surface area contributed by atoms with Gasteiger partial charge in [-0.25, -0.2) is 13.4 Å². The van der Waals surface area contributed by atoms with Crippen molar-refractivity contribution >= 4 is 44.4 Å². The molecule has 110 valence electrons. The second-order valence-corrected chi connectivity index (χ2v) is 7.82. The number of aromatic amines is 1. The molecule has 0 radical (unpaired) electrons. The number of nitrogens with zero attached hydrogens (tertiary/aromatic N) is 2. The predicted octanol–water partition coefficient (Wildman–Crippen LogP) is 2.80. The summed E-state index contributed by atoms with van der Waals surface area (Å²) in [6.07, 6.45) is 1.96. The number of H-pyrrole nitrogens is 1. The summed E-state index contributed by atoms with van der Waals surface area (Å²) in [5, 5.41) is 2.00. The van der Waals surface area contributed by atoms with E-state index in [0.29, 0.717) is 16.8 Å². The lowest BCUT2D eigenvalue weighted by molar-refractivity contribution is 0.602. The lowest BCUT2D eigenvalue weighted by Gasteiger charge is -2.04. The molecule has 3 rings (SSSR count). The van der Waals surface area contributed by atoms with Crippen LogP contribution < -0.4 is 0 Å². The Hall–Kier alpha value is -1.51. The van der Waals surface area contributed by atoms with Crippen molar-refractivity contribution < 1.29 is 8.42 Å². The minimum atomic E-state index is -3.29. The Morgan fingerprint density at radius 1 is 1.43 bits per heavy atom. The molecule has 8 heteroatoms. The zero-order chi connectivity index (χ0) is 15.0. The number of aryl methyl sites for hydroxylation is 2. The van der Waals surface area contributed by atoms with E-state index < -0.39 is 9.84 Å². The van der Waals surface area contributed by atoms with E-state index in [-0.39, 0.29) is 4.90 Å². The molecule has 0 aliphatic heterocycles. The molecule has 2 aromatic heterocycles. The van der Waals surface area contributed by atoms with Gasteiger partial charge in [0.25, 0.3) is 0 Å². The molecule has 0 unspecified atom stereocenters. The number of hydrogen-bond acceptors (Lipinski definition) is 5. The van der Waals surface area contributed by atoms with Gasteiger partial charge in [-0.2, -0.15) is 0 Å². The summed E-state index contributed by atoms with van der Waals surface area (Å²) < 4.78 is 26.1. The molecule has 2 heterocycles. The molecule has 3 aromatic rings. The predicted molar refractivity (Wildman–Crippen MR) is 86.1 cm³/mol. The lowest BCUT2D eigenvalue weighted by Crippen LogP contribution is -2.02. The molecular weight excluding hydrogens is 326 g/mol. The maximum Gasteiger partial charge on any atom is 0.178 e. The second-order valence-electron chi connectivity index (χ2n) is 4.73. The topological polar surface area (TPSA) is 67.8 Å². The van der Waals surface area contributed by atoms with Crippen molar-refractivity contribution in [1.82, 2.24) is 14.5 Å². The van der Waals surface area contributed by atoms with Crippen LogP contribution in [0.2, 0.25) is 0 Å². The third-order valence-electron chi connectivity index (χ3n) is 3.25. The molecule has 0 aliphatic rings. The van der Waals surface area contributed by atoms with Gasteiger partial charge in [-0.3, -0.25) is 0 Å². The van der Waals surface area contributed by atoms with Crippen LogP contribution in [0.1, 0.15) is 5.69 Å². The van der Waals surface area contributed by atoms with Gasteiger partial charge in [-0.05, 0) is 24.4 Å². The Morgan fingerprint density at radius 2 is 2.24 bits per heavy atom. The van der Waals surface area contributed by atoms with Gasteiger partial charge in [0.2, 0.25) is 0 Å². The van der Waals surface area contributed by atoms with Gasteiger partial charge in [0, 0.05) is 24.6 Å². The number of sulfone groups is 1. The highest BCUT2D eigenvalue weighted by Crippen LogP contribution is 2.22. The van der Waals surface area contributed by atoms with E-state index in [1.54, 1.807) is 29.0 Å². The zero-order valence-corrected chi connectivity index (χ0v) is 13.7. The van der Waals surface area contributed by atoms with Crippen molar-refractivity contribution in [2.75, 3.05) is 6.26 Å². The largest absolute Gasteiger partial charge is 0.329 e. The zero-order valence-electron chi connectivity index (χ0n) is 11.2. The Labute approximate surface area is 131 Å². The summed E-state index contributed by atoms with van der Waals surface area (Å²) >= 11 is 6.88. The Balaban J connectivity index is 2.08. The summed E-state index contributed by atoms with van der Waals surface area (Å²) in [5.74, 6) is 0. The number of nitrogens with one attached hydrogen (secondary N) is 1. The number of imidazole rings is 1. The summed E-state index contributed by atoms with van der Waals surface area (Å²) in [6, 6.07) is 5.20. The molecule has 0 amide bonds. The van der Waals surface area contributed by atoms with E-state index in [2.05, 4.69) is 9.97 Å². The molecular formula is C13H13N3O2S3. The van der Waals surface area contributed by atoms with Gasteiger partial charge in [-0.1, -0.05) is 6.07 Å². The standard InChI is InChI=1S/C13H13N3O2S3/c1-21(17,18)11-4-2-3-10-12(11)15-13(19)16(10)6-5-9-7-20-8-14-9/h2-4,7-8H,5-6H2,1H3,(H,15,19). The fraction of sp³-hybridized carbons (Fsp3) is 0.231. The van der Waals surface area contributed by atoms with E-state index in [0.717, 1.165) is 17.6 Å². The molecule has 5 nitrogen and oxygen atoms in total. The molecule has 0 fully saturated rings. The molecule has 1 N–H and O–H groups in total. The number of rotatable bonds is 4. The highest BCUT2D eigenvalue weighted by Gasteiger charge is 2.15. The van der Waals surface area contributed by atoms with Gasteiger partial charge in [0.05, 0.1) is 27.1 Å². The van der Waals surface area contributed by atoms with Crippen LogP contribution in [-0.4, -0.2) is 29.2 Å². The monoisotopic (exact) mass is 339 g/mol. The first-order valence-electron chi connectivity index (χ1n) is 6.25. The number of thiazole rings is 1. The smallest absolute Gasteiger partial charge is 0.178 e. The van der Waals surface area contributed by atoms with Crippen molar-refractivity contribution in [3.63, 3.8) is 0 Å². The molecule has 0 aliphatic carbocycles. The van der Waals surface area contributed by atoms with E-state index in [9.17, 15) is 8.42 Å². The summed E-state index contributed by atoms with van der Waals surface area (Å²) in [7, 11) is -3.29. The van der Waals surface area contributed by atoms with Gasteiger partial charge in [0.1, 0.15) is 0 Å². The van der Waals surface area contributed by atoms with Crippen LogP contribution in [0.15, 0.2) is 34.0 Å². The van der Waals surface area contributed by atoms with Crippen molar-refractivity contribution in [3.05, 3.63) is 39.6 Å². The fourth-order valence-electron chi connectivity index (χ4n) is 2.27. The average Bonchev–Trinajstić information content (AvgIpc) is 3.01. The van der Waals surface area contributed by atoms with Crippen molar-refractivity contribution in [3.8, 4) is 0 Å². The SMILES string of the molecule is CS(=O)(=O)c1cccc2c1[nH]c(=S)n2CCc1cscn1. The quantitative estimate of drug-likeness (QED) is 0.742. The van der Waals surface area contributed by atoms with Gasteiger partial charge < -0.3 is 9.55 Å². The van der Waals surface area contributed by atoms with Crippen LogP contribution in [0.4, 0.5) is 0 Å². The molecule has 0 atom stereocenters. The first-order valence-corrected chi connectivity index (χ1v) is 9.50. The van der Waals surface area contributed by atoms with Crippen LogP contribution in [0.25, 0.3) is 11.0 Å². The third kappa shape index (κ3) is 2.78. The van der Waals surface area contributed by atoms with E-state index in [1.165, 1.54) is 6.26 Å². The maximum atomic E-state index is 11.8. The fourth-order valence-corrected chi connectivity index (χ4v) is 4.01. The minimum Gasteiger partial charge on any atom is -0.329 e. The van der Waals surface area contributed by atoms with Gasteiger partial charge in [0.15, 0.2) is 14.6 Å². The van der Waals surface area contributed by atoms with E-state index >= 15 is 0 Å². The molecule has 0 spiro atoms. The van der Waals surface area contributed by atoms with Crippen LogP contribution in [-0.2, 0) is 22.8 Å². The van der Waals surface area contributed by atoms with Crippen molar-refractivity contribution in [2.45, 2.75) is 17.9 Å². The molecule has 0 bridgehead atoms.